The number of benzene rings is 1. The van der Waals surface area contributed by atoms with Crippen LogP contribution in [-0.2, 0) is 4.79 Å². The van der Waals surface area contributed by atoms with E-state index in [-0.39, 0.29) is 22.2 Å². The maximum atomic E-state index is 12.9. The number of nitrogen functional groups attached to an aromatic ring is 1. The molecule has 0 saturated heterocycles. The molecule has 144 valence electrons. The quantitative estimate of drug-likeness (QED) is 0.398. The molecule has 1 aromatic carbocycles. The zero-order valence-corrected chi connectivity index (χ0v) is 15.3. The Morgan fingerprint density at radius 2 is 2.04 bits per heavy atom. The second-order valence-electron chi connectivity index (χ2n) is 5.68. The van der Waals surface area contributed by atoms with Gasteiger partial charge in [0, 0.05) is 5.56 Å². The highest BCUT2D eigenvalue weighted by atomic mass is 32.2. The number of aromatic nitrogens is 2. The van der Waals surface area contributed by atoms with Crippen molar-refractivity contribution in [3.8, 4) is 0 Å². The Bertz CT molecular complexity index is 885. The zero-order valence-electron chi connectivity index (χ0n) is 14.5. The van der Waals surface area contributed by atoms with E-state index in [4.69, 9.17) is 5.73 Å². The molecular weight excluding hydrogens is 375 g/mol. The number of thioether (sulfide) groups is 1. The van der Waals surface area contributed by atoms with Gasteiger partial charge in [0.15, 0.2) is 11.0 Å². The summed E-state index contributed by atoms with van der Waals surface area (Å²) in [7, 11) is 0. The number of hydrogen-bond acceptors (Lipinski definition) is 6. The van der Waals surface area contributed by atoms with E-state index in [9.17, 15) is 23.9 Å². The van der Waals surface area contributed by atoms with E-state index in [0.717, 1.165) is 36.7 Å². The van der Waals surface area contributed by atoms with Gasteiger partial charge in [-0.3, -0.25) is 19.4 Å². The Hall–Kier alpha value is -2.88. The molecule has 27 heavy (non-hydrogen) atoms. The first-order valence-corrected chi connectivity index (χ1v) is 9.06. The number of halogens is 1. The maximum Gasteiger partial charge on any atom is 0.317 e. The number of nitrogens with one attached hydrogen (secondary N) is 2. The summed E-state index contributed by atoms with van der Waals surface area (Å²) < 4.78 is 12.9. The highest BCUT2D eigenvalue weighted by molar-refractivity contribution is 8.00. The van der Waals surface area contributed by atoms with Crippen LogP contribution in [0.15, 0.2) is 34.2 Å². The van der Waals surface area contributed by atoms with Crippen LogP contribution < -0.4 is 16.6 Å². The van der Waals surface area contributed by atoms with Crippen LogP contribution in [0, 0.1) is 5.82 Å². The molecule has 0 spiro atoms. The van der Waals surface area contributed by atoms with Gasteiger partial charge in [0.1, 0.15) is 16.8 Å². The van der Waals surface area contributed by atoms with Crippen molar-refractivity contribution in [2.24, 2.45) is 0 Å². The molecule has 1 atom stereocenters. The predicted molar refractivity (Wildman–Crippen MR) is 100 cm³/mol. The minimum atomic E-state index is -1.01. The van der Waals surface area contributed by atoms with Crippen LogP contribution in [0.1, 0.15) is 36.5 Å². The molecule has 0 saturated carbocycles. The fraction of sp³-hybridized carbons (Fsp3) is 0.294. The van der Waals surface area contributed by atoms with Gasteiger partial charge in [-0.15, -0.1) is 0 Å². The Morgan fingerprint density at radius 3 is 2.59 bits per heavy atom. The lowest BCUT2D eigenvalue weighted by atomic mass is 10.2. The Labute approximate surface area is 158 Å². The van der Waals surface area contributed by atoms with Gasteiger partial charge in [-0.1, -0.05) is 31.5 Å². The number of aromatic amines is 1. The van der Waals surface area contributed by atoms with Gasteiger partial charge in [-0.25, -0.2) is 9.37 Å². The third-order valence-corrected chi connectivity index (χ3v) is 4.76. The van der Waals surface area contributed by atoms with E-state index in [1.165, 1.54) is 12.1 Å². The maximum absolute atomic E-state index is 12.9. The van der Waals surface area contributed by atoms with Crippen molar-refractivity contribution in [2.45, 2.75) is 36.6 Å². The van der Waals surface area contributed by atoms with E-state index in [2.05, 4.69) is 15.3 Å². The van der Waals surface area contributed by atoms with Crippen LogP contribution in [0.25, 0.3) is 0 Å². The number of nitrogens with zero attached hydrogens (tertiary/aromatic N) is 1. The lowest BCUT2D eigenvalue weighted by Gasteiger charge is -2.12. The SMILES string of the molecule is CCCC[C@H](Sc1nc(N)c(NC(=O)c2ccc(F)cc2)c(=O)[nH]1)C(=O)O. The van der Waals surface area contributed by atoms with E-state index in [1.807, 2.05) is 6.92 Å². The molecule has 0 radical (unpaired) electrons. The van der Waals surface area contributed by atoms with Gasteiger partial charge in [0.05, 0.1) is 0 Å². The van der Waals surface area contributed by atoms with Crippen LogP contribution in [0.2, 0.25) is 0 Å². The van der Waals surface area contributed by atoms with Gasteiger partial charge in [-0.05, 0) is 30.7 Å². The van der Waals surface area contributed by atoms with Crippen LogP contribution >= 0.6 is 11.8 Å². The summed E-state index contributed by atoms with van der Waals surface area (Å²) >= 11 is 0.890. The lowest BCUT2D eigenvalue weighted by molar-refractivity contribution is -0.136. The van der Waals surface area contributed by atoms with Crippen molar-refractivity contribution in [3.63, 3.8) is 0 Å². The molecule has 1 heterocycles. The third kappa shape index (κ3) is 5.55. The predicted octanol–water partition coefficient (Wildman–Crippen LogP) is 2.48. The molecule has 10 heteroatoms. The first-order chi connectivity index (χ1) is 12.8. The minimum absolute atomic E-state index is 0.0563. The first kappa shape index (κ1) is 20.4. The summed E-state index contributed by atoms with van der Waals surface area (Å²) in [4.78, 5) is 42.1. The number of carbonyl (C=O) groups is 2. The smallest absolute Gasteiger partial charge is 0.317 e. The molecular formula is C17H19FN4O4S. The van der Waals surface area contributed by atoms with E-state index >= 15 is 0 Å². The van der Waals surface area contributed by atoms with Gasteiger partial charge in [0.2, 0.25) is 0 Å². The molecule has 0 aliphatic carbocycles. The average molecular weight is 394 g/mol. The third-order valence-electron chi connectivity index (χ3n) is 3.62. The van der Waals surface area contributed by atoms with Crippen molar-refractivity contribution in [1.29, 1.82) is 0 Å². The molecule has 5 N–H and O–H groups in total. The van der Waals surface area contributed by atoms with Crippen molar-refractivity contribution in [1.82, 2.24) is 9.97 Å². The van der Waals surface area contributed by atoms with Crippen LogP contribution in [0.5, 0.6) is 0 Å². The highest BCUT2D eigenvalue weighted by Crippen LogP contribution is 2.25. The Kier molecular flexibility index (Phi) is 6.94. The van der Waals surface area contributed by atoms with Crippen LogP contribution in [0.3, 0.4) is 0 Å². The zero-order chi connectivity index (χ0) is 20.0. The number of unbranched alkanes of at least 4 members (excludes halogenated alkanes) is 1. The van der Waals surface area contributed by atoms with Crippen molar-refractivity contribution >= 4 is 35.1 Å². The number of carbonyl (C=O) groups excluding carboxylic acids is 1. The number of anilines is 2. The standard InChI is InChI=1S/C17H19FN4O4S/c1-2-3-4-11(16(25)26)27-17-21-13(19)12(15(24)22-17)20-14(23)9-5-7-10(18)8-6-9/h5-8,11H,2-4H2,1H3,(H,20,23)(H,25,26)(H3,19,21,22,24)/t11-/m0/s1. The molecule has 2 aromatic rings. The number of amides is 1. The second-order valence-corrected chi connectivity index (χ2v) is 6.87. The summed E-state index contributed by atoms with van der Waals surface area (Å²) in [5.41, 5.74) is 4.93. The Morgan fingerprint density at radius 1 is 1.37 bits per heavy atom. The summed E-state index contributed by atoms with van der Waals surface area (Å²) in [5, 5.41) is 10.9. The molecule has 0 bridgehead atoms. The Balaban J connectivity index is 2.18. The number of hydrogen-bond donors (Lipinski definition) is 4. The fourth-order valence-electron chi connectivity index (χ4n) is 2.19. The van der Waals surface area contributed by atoms with Crippen LogP contribution in [-0.4, -0.2) is 32.2 Å². The summed E-state index contributed by atoms with van der Waals surface area (Å²) in [6.45, 7) is 1.94. The summed E-state index contributed by atoms with van der Waals surface area (Å²) in [6.07, 6.45) is 1.98. The average Bonchev–Trinajstić information content (AvgIpc) is 2.61. The summed E-state index contributed by atoms with van der Waals surface area (Å²) in [5.74, 6) is -2.40. The lowest BCUT2D eigenvalue weighted by Crippen LogP contribution is -2.24. The monoisotopic (exact) mass is 394 g/mol. The fourth-order valence-corrected chi connectivity index (χ4v) is 3.15. The van der Waals surface area contributed by atoms with Gasteiger partial charge >= 0.3 is 5.97 Å². The molecule has 1 aromatic heterocycles. The van der Waals surface area contributed by atoms with E-state index in [1.54, 1.807) is 0 Å². The van der Waals surface area contributed by atoms with Gasteiger partial charge in [0.25, 0.3) is 11.5 Å². The number of carboxylic acids is 1. The van der Waals surface area contributed by atoms with Crippen molar-refractivity contribution in [2.75, 3.05) is 11.1 Å². The largest absolute Gasteiger partial charge is 0.480 e. The number of H-pyrrole nitrogens is 1. The summed E-state index contributed by atoms with van der Waals surface area (Å²) in [6, 6.07) is 4.75. The number of rotatable bonds is 8. The number of nitrogens with two attached hydrogens (primary N) is 1. The molecule has 0 unspecified atom stereocenters. The molecule has 1 amide bonds. The van der Waals surface area contributed by atoms with Crippen molar-refractivity contribution < 1.29 is 19.1 Å². The second kappa shape index (κ2) is 9.17. The van der Waals surface area contributed by atoms with E-state index in [0.29, 0.717) is 6.42 Å². The molecule has 2 rings (SSSR count). The molecule has 8 nitrogen and oxygen atoms in total. The normalized spacial score (nSPS) is 11.8. The topological polar surface area (TPSA) is 138 Å². The molecule has 0 aliphatic rings. The minimum Gasteiger partial charge on any atom is -0.480 e. The molecule has 0 fully saturated rings. The number of carboxylic acid groups (broad SMARTS) is 1. The first-order valence-electron chi connectivity index (χ1n) is 8.18. The van der Waals surface area contributed by atoms with Gasteiger partial charge < -0.3 is 16.2 Å². The number of aliphatic carboxylic acids is 1. The van der Waals surface area contributed by atoms with Gasteiger partial charge in [-0.2, -0.15) is 0 Å². The van der Waals surface area contributed by atoms with E-state index < -0.39 is 28.5 Å². The molecule has 0 aliphatic heterocycles. The highest BCUT2D eigenvalue weighted by Gasteiger charge is 2.21. The van der Waals surface area contributed by atoms with Crippen LogP contribution in [0.4, 0.5) is 15.9 Å². The van der Waals surface area contributed by atoms with Crippen molar-refractivity contribution in [3.05, 3.63) is 46.0 Å².